The summed E-state index contributed by atoms with van der Waals surface area (Å²) in [6.45, 7) is 4.51. The predicted molar refractivity (Wildman–Crippen MR) is 95.9 cm³/mol. The van der Waals surface area contributed by atoms with Gasteiger partial charge in [0.1, 0.15) is 0 Å². The van der Waals surface area contributed by atoms with Crippen molar-refractivity contribution in [3.63, 3.8) is 0 Å². The van der Waals surface area contributed by atoms with Gasteiger partial charge in [0, 0.05) is 31.6 Å². The summed E-state index contributed by atoms with van der Waals surface area (Å²) in [5.74, 6) is 0.539. The van der Waals surface area contributed by atoms with Gasteiger partial charge >= 0.3 is 0 Å². The molecule has 0 radical (unpaired) electrons. The third-order valence-electron chi connectivity index (χ3n) is 5.30. The third kappa shape index (κ3) is 4.35. The summed E-state index contributed by atoms with van der Waals surface area (Å²) in [5.41, 5.74) is -0.277. The molecule has 0 aromatic carbocycles. The molecule has 0 bridgehead atoms. The summed E-state index contributed by atoms with van der Waals surface area (Å²) in [5, 5.41) is 17.1. The van der Waals surface area contributed by atoms with Crippen LogP contribution in [0.2, 0.25) is 0 Å². The van der Waals surface area contributed by atoms with E-state index in [9.17, 15) is 9.90 Å². The summed E-state index contributed by atoms with van der Waals surface area (Å²) in [7, 11) is 0. The summed E-state index contributed by atoms with van der Waals surface area (Å²) >= 11 is 1.62. The van der Waals surface area contributed by atoms with E-state index < -0.39 is 5.60 Å². The van der Waals surface area contributed by atoms with Crippen LogP contribution in [0.15, 0.2) is 5.38 Å². The Morgan fingerprint density at radius 2 is 2.17 bits per heavy atom. The number of aliphatic hydroxyl groups is 1. The fourth-order valence-corrected chi connectivity index (χ4v) is 4.58. The maximum absolute atomic E-state index is 12.8. The van der Waals surface area contributed by atoms with E-state index in [1.54, 1.807) is 11.3 Å². The number of thiazole rings is 1. The maximum Gasteiger partial charge on any atom is 0.255 e. The first-order valence-corrected chi connectivity index (χ1v) is 10.1. The topological polar surface area (TPSA) is 65.5 Å². The highest BCUT2D eigenvalue weighted by Gasteiger charge is 2.42. The number of aryl methyl sites for hydroxylation is 1. The Morgan fingerprint density at radius 1 is 1.38 bits per heavy atom. The molecule has 1 amide bonds. The zero-order chi connectivity index (χ0) is 17.0. The molecule has 1 saturated carbocycles. The summed E-state index contributed by atoms with van der Waals surface area (Å²) in [6.07, 6.45) is 7.78. The van der Waals surface area contributed by atoms with Crippen LogP contribution in [0.5, 0.6) is 0 Å². The van der Waals surface area contributed by atoms with Gasteiger partial charge in [0.05, 0.1) is 10.7 Å². The third-order valence-corrected chi connectivity index (χ3v) is 6.12. The summed E-state index contributed by atoms with van der Waals surface area (Å²) in [4.78, 5) is 19.1. The number of likely N-dealkylation sites (tertiary alicyclic amines) is 1. The van der Waals surface area contributed by atoms with Gasteiger partial charge in [0.2, 0.25) is 0 Å². The normalized spacial score (nSPS) is 26.1. The van der Waals surface area contributed by atoms with Gasteiger partial charge in [-0.15, -0.1) is 11.3 Å². The number of rotatable bonds is 6. The molecule has 6 heteroatoms. The SMILES string of the molecule is Cc1nc(CNC[C@@]2(O)CCCN(CC3CCCCC3)C2=O)cs1. The number of hydrogen-bond acceptors (Lipinski definition) is 5. The average Bonchev–Trinajstić information content (AvgIpc) is 2.98. The molecule has 2 N–H and O–H groups in total. The molecule has 2 aliphatic rings. The highest BCUT2D eigenvalue weighted by molar-refractivity contribution is 7.09. The lowest BCUT2D eigenvalue weighted by molar-refractivity contribution is -0.157. The lowest BCUT2D eigenvalue weighted by atomic mass is 9.86. The number of aromatic nitrogens is 1. The first-order chi connectivity index (χ1) is 11.6. The Labute approximate surface area is 148 Å². The van der Waals surface area contributed by atoms with E-state index in [-0.39, 0.29) is 5.91 Å². The zero-order valence-electron chi connectivity index (χ0n) is 14.6. The first-order valence-electron chi connectivity index (χ1n) is 9.20. The van der Waals surface area contributed by atoms with E-state index in [0.717, 1.165) is 30.2 Å². The van der Waals surface area contributed by atoms with Gasteiger partial charge in [-0.3, -0.25) is 4.79 Å². The van der Waals surface area contributed by atoms with Crippen LogP contribution in [0.3, 0.4) is 0 Å². The predicted octanol–water partition coefficient (Wildman–Crippen LogP) is 2.47. The minimum Gasteiger partial charge on any atom is -0.379 e. The highest BCUT2D eigenvalue weighted by Crippen LogP contribution is 2.28. The van der Waals surface area contributed by atoms with Crippen molar-refractivity contribution in [3.05, 3.63) is 16.1 Å². The van der Waals surface area contributed by atoms with Crippen LogP contribution in [0.1, 0.15) is 55.6 Å². The van der Waals surface area contributed by atoms with Crippen molar-refractivity contribution in [1.82, 2.24) is 15.2 Å². The second-order valence-electron chi connectivity index (χ2n) is 7.35. The molecule has 134 valence electrons. The van der Waals surface area contributed by atoms with Crippen molar-refractivity contribution in [2.45, 2.75) is 64.0 Å². The average molecular weight is 352 g/mol. The van der Waals surface area contributed by atoms with E-state index in [4.69, 9.17) is 0 Å². The van der Waals surface area contributed by atoms with E-state index in [0.29, 0.717) is 25.4 Å². The van der Waals surface area contributed by atoms with Crippen LogP contribution in [-0.2, 0) is 11.3 Å². The molecule has 1 aromatic heterocycles. The van der Waals surface area contributed by atoms with Gasteiger partial charge < -0.3 is 15.3 Å². The monoisotopic (exact) mass is 351 g/mol. The fourth-order valence-electron chi connectivity index (χ4n) is 3.97. The van der Waals surface area contributed by atoms with Crippen LogP contribution in [-0.4, -0.2) is 46.1 Å². The number of amides is 1. The van der Waals surface area contributed by atoms with Crippen LogP contribution in [0.4, 0.5) is 0 Å². The Bertz CT molecular complexity index is 556. The first kappa shape index (κ1) is 17.8. The standard InChI is InChI=1S/C18H29N3O2S/c1-14-20-16(12-24-14)10-19-13-18(23)8-5-9-21(17(18)22)11-15-6-3-2-4-7-15/h12,15,19,23H,2-11,13H2,1H3/t18-/m0/s1. The molecule has 24 heavy (non-hydrogen) atoms. The molecule has 0 spiro atoms. The lowest BCUT2D eigenvalue weighted by Crippen LogP contribution is -2.58. The van der Waals surface area contributed by atoms with Gasteiger partial charge in [0.15, 0.2) is 5.60 Å². The van der Waals surface area contributed by atoms with Crippen LogP contribution >= 0.6 is 11.3 Å². The quantitative estimate of drug-likeness (QED) is 0.826. The van der Waals surface area contributed by atoms with Crippen LogP contribution in [0, 0.1) is 12.8 Å². The Kier molecular flexibility index (Phi) is 5.89. The van der Waals surface area contributed by atoms with Crippen molar-refractivity contribution in [2.75, 3.05) is 19.6 Å². The van der Waals surface area contributed by atoms with Gasteiger partial charge in [-0.1, -0.05) is 19.3 Å². The smallest absolute Gasteiger partial charge is 0.255 e. The van der Waals surface area contributed by atoms with E-state index in [1.807, 2.05) is 17.2 Å². The Balaban J connectivity index is 1.52. The summed E-state index contributed by atoms with van der Waals surface area (Å²) < 4.78 is 0. The molecule has 1 aliphatic carbocycles. The number of piperidine rings is 1. The van der Waals surface area contributed by atoms with Crippen molar-refractivity contribution in [1.29, 1.82) is 0 Å². The Hall–Kier alpha value is -0.980. The molecular formula is C18H29N3O2S. The van der Waals surface area contributed by atoms with E-state index in [2.05, 4.69) is 10.3 Å². The minimum atomic E-state index is -1.25. The molecule has 5 nitrogen and oxygen atoms in total. The van der Waals surface area contributed by atoms with Crippen molar-refractivity contribution in [3.8, 4) is 0 Å². The second-order valence-corrected chi connectivity index (χ2v) is 8.41. The van der Waals surface area contributed by atoms with Gasteiger partial charge in [-0.05, 0) is 38.5 Å². The van der Waals surface area contributed by atoms with Crippen molar-refractivity contribution in [2.24, 2.45) is 5.92 Å². The van der Waals surface area contributed by atoms with E-state index >= 15 is 0 Å². The number of nitrogens with one attached hydrogen (secondary N) is 1. The lowest BCUT2D eigenvalue weighted by Gasteiger charge is -2.40. The zero-order valence-corrected chi connectivity index (χ0v) is 15.4. The Morgan fingerprint density at radius 3 is 2.88 bits per heavy atom. The number of nitrogens with zero attached hydrogens (tertiary/aromatic N) is 2. The molecule has 2 fully saturated rings. The highest BCUT2D eigenvalue weighted by atomic mass is 32.1. The molecule has 1 saturated heterocycles. The largest absolute Gasteiger partial charge is 0.379 e. The second kappa shape index (κ2) is 7.93. The van der Waals surface area contributed by atoms with Gasteiger partial charge in [0.25, 0.3) is 5.91 Å². The van der Waals surface area contributed by atoms with E-state index in [1.165, 1.54) is 32.1 Å². The molecule has 3 rings (SSSR count). The van der Waals surface area contributed by atoms with Gasteiger partial charge in [-0.25, -0.2) is 4.98 Å². The molecule has 1 aromatic rings. The molecule has 2 heterocycles. The van der Waals surface area contributed by atoms with Crippen LogP contribution in [0.25, 0.3) is 0 Å². The molecule has 1 atom stereocenters. The molecule has 1 aliphatic heterocycles. The summed E-state index contributed by atoms with van der Waals surface area (Å²) in [6, 6.07) is 0. The molecule has 0 unspecified atom stereocenters. The minimum absolute atomic E-state index is 0.0821. The molecular weight excluding hydrogens is 322 g/mol. The number of hydrogen-bond donors (Lipinski definition) is 2. The van der Waals surface area contributed by atoms with Crippen molar-refractivity contribution >= 4 is 17.2 Å². The fraction of sp³-hybridized carbons (Fsp3) is 0.778. The van der Waals surface area contributed by atoms with Gasteiger partial charge in [-0.2, -0.15) is 0 Å². The number of carbonyl (C=O) groups excluding carboxylic acids is 1. The maximum atomic E-state index is 12.8. The number of carbonyl (C=O) groups is 1. The van der Waals surface area contributed by atoms with Crippen LogP contribution < -0.4 is 5.32 Å². The van der Waals surface area contributed by atoms with Crippen molar-refractivity contribution < 1.29 is 9.90 Å².